The molecule has 0 spiro atoms. The SMILES string of the molecule is Cc1ccc(-c2ocnc2C(=O)Nc2ccc(-c3nnco3)cc2)cc1. The molecule has 7 heteroatoms. The number of rotatable bonds is 4. The fourth-order valence-corrected chi connectivity index (χ4v) is 2.50. The van der Waals surface area contributed by atoms with Gasteiger partial charge in [0.15, 0.2) is 17.8 Å². The van der Waals surface area contributed by atoms with Crippen molar-refractivity contribution in [3.63, 3.8) is 0 Å². The lowest BCUT2D eigenvalue weighted by Gasteiger charge is -2.05. The summed E-state index contributed by atoms with van der Waals surface area (Å²) >= 11 is 0. The second-order valence-electron chi connectivity index (χ2n) is 5.67. The Hall–Kier alpha value is -3.74. The Bertz CT molecular complexity index is 1020. The van der Waals surface area contributed by atoms with Crippen LogP contribution in [0.2, 0.25) is 0 Å². The van der Waals surface area contributed by atoms with Crippen LogP contribution >= 0.6 is 0 Å². The summed E-state index contributed by atoms with van der Waals surface area (Å²) in [5.74, 6) is 0.505. The largest absolute Gasteiger partial charge is 0.443 e. The van der Waals surface area contributed by atoms with Crippen LogP contribution in [0, 0.1) is 6.92 Å². The van der Waals surface area contributed by atoms with Gasteiger partial charge in [0, 0.05) is 16.8 Å². The minimum atomic E-state index is -0.347. The minimum Gasteiger partial charge on any atom is -0.443 e. The molecule has 1 amide bonds. The molecule has 2 aromatic heterocycles. The number of carbonyl (C=O) groups excluding carboxylic acids is 1. The topological polar surface area (TPSA) is 94.1 Å². The number of oxazole rings is 1. The van der Waals surface area contributed by atoms with E-state index >= 15 is 0 Å². The van der Waals surface area contributed by atoms with E-state index in [-0.39, 0.29) is 11.6 Å². The van der Waals surface area contributed by atoms with Gasteiger partial charge >= 0.3 is 0 Å². The summed E-state index contributed by atoms with van der Waals surface area (Å²) in [6.07, 6.45) is 2.53. The number of carbonyl (C=O) groups is 1. The number of nitrogens with one attached hydrogen (secondary N) is 1. The van der Waals surface area contributed by atoms with Crippen LogP contribution in [-0.2, 0) is 0 Å². The molecule has 0 saturated carbocycles. The lowest BCUT2D eigenvalue weighted by molar-refractivity contribution is 0.102. The normalized spacial score (nSPS) is 10.7. The Morgan fingerprint density at radius 3 is 2.35 bits per heavy atom. The number of aromatic nitrogens is 3. The maximum absolute atomic E-state index is 12.6. The molecule has 0 radical (unpaired) electrons. The lowest BCUT2D eigenvalue weighted by atomic mass is 10.1. The standard InChI is InChI=1S/C19H14N4O3/c1-12-2-4-13(5-3-12)17-16(20-10-25-17)18(24)22-15-8-6-14(7-9-15)19-23-21-11-26-19/h2-11H,1H3,(H,22,24). The first-order chi connectivity index (χ1) is 12.7. The number of anilines is 1. The van der Waals surface area contributed by atoms with Gasteiger partial charge in [-0.05, 0) is 31.2 Å². The zero-order chi connectivity index (χ0) is 17.9. The van der Waals surface area contributed by atoms with E-state index < -0.39 is 0 Å². The van der Waals surface area contributed by atoms with Gasteiger partial charge in [-0.1, -0.05) is 29.8 Å². The van der Waals surface area contributed by atoms with E-state index in [0.29, 0.717) is 17.3 Å². The van der Waals surface area contributed by atoms with Crippen molar-refractivity contribution < 1.29 is 13.6 Å². The van der Waals surface area contributed by atoms with Crippen molar-refractivity contribution in [3.8, 4) is 22.8 Å². The molecule has 4 rings (SSSR count). The minimum absolute atomic E-state index is 0.231. The zero-order valence-corrected chi connectivity index (χ0v) is 13.8. The van der Waals surface area contributed by atoms with Crippen LogP contribution in [0.5, 0.6) is 0 Å². The molecule has 0 unspecified atom stereocenters. The summed E-state index contributed by atoms with van der Waals surface area (Å²) in [7, 11) is 0. The average Bonchev–Trinajstić information content (AvgIpc) is 3.35. The first-order valence-electron chi connectivity index (χ1n) is 7.89. The van der Waals surface area contributed by atoms with Crippen molar-refractivity contribution in [1.82, 2.24) is 15.2 Å². The fraction of sp³-hybridized carbons (Fsp3) is 0.0526. The molecule has 26 heavy (non-hydrogen) atoms. The molecule has 2 heterocycles. The third-order valence-electron chi connectivity index (χ3n) is 3.85. The Labute approximate surface area is 148 Å². The van der Waals surface area contributed by atoms with Gasteiger partial charge in [-0.2, -0.15) is 0 Å². The molecule has 128 valence electrons. The maximum atomic E-state index is 12.6. The molecule has 0 bridgehead atoms. The van der Waals surface area contributed by atoms with Gasteiger partial charge in [0.25, 0.3) is 5.91 Å². The zero-order valence-electron chi connectivity index (χ0n) is 13.8. The molecule has 0 saturated heterocycles. The summed E-state index contributed by atoms with van der Waals surface area (Å²) in [5, 5.41) is 10.3. The van der Waals surface area contributed by atoms with E-state index in [1.807, 2.05) is 31.2 Å². The summed E-state index contributed by atoms with van der Waals surface area (Å²) in [6.45, 7) is 2.00. The third-order valence-corrected chi connectivity index (χ3v) is 3.85. The van der Waals surface area contributed by atoms with E-state index in [2.05, 4.69) is 20.5 Å². The molecular weight excluding hydrogens is 332 g/mol. The van der Waals surface area contributed by atoms with Gasteiger partial charge in [0.2, 0.25) is 12.3 Å². The van der Waals surface area contributed by atoms with Crippen LogP contribution in [0.15, 0.2) is 70.2 Å². The Balaban J connectivity index is 1.54. The predicted molar refractivity (Wildman–Crippen MR) is 94.4 cm³/mol. The van der Waals surface area contributed by atoms with E-state index in [1.165, 1.54) is 12.8 Å². The van der Waals surface area contributed by atoms with Crippen molar-refractivity contribution in [2.75, 3.05) is 5.32 Å². The van der Waals surface area contributed by atoms with Crippen LogP contribution in [0.1, 0.15) is 16.1 Å². The fourth-order valence-electron chi connectivity index (χ4n) is 2.50. The number of nitrogens with zero attached hydrogens (tertiary/aromatic N) is 3. The number of amides is 1. The number of hydrogen-bond acceptors (Lipinski definition) is 6. The van der Waals surface area contributed by atoms with E-state index in [1.54, 1.807) is 24.3 Å². The highest BCUT2D eigenvalue weighted by Gasteiger charge is 2.18. The quantitative estimate of drug-likeness (QED) is 0.601. The summed E-state index contributed by atoms with van der Waals surface area (Å²) in [4.78, 5) is 16.6. The van der Waals surface area contributed by atoms with Gasteiger partial charge in [-0.25, -0.2) is 4.98 Å². The van der Waals surface area contributed by atoms with Crippen molar-refractivity contribution in [2.24, 2.45) is 0 Å². The highest BCUT2D eigenvalue weighted by atomic mass is 16.4. The lowest BCUT2D eigenvalue weighted by Crippen LogP contribution is -2.13. The first kappa shape index (κ1) is 15.8. The second-order valence-corrected chi connectivity index (χ2v) is 5.67. The smallest absolute Gasteiger partial charge is 0.278 e. The first-order valence-corrected chi connectivity index (χ1v) is 7.89. The number of hydrogen-bond donors (Lipinski definition) is 1. The molecular formula is C19H14N4O3. The summed E-state index contributed by atoms with van der Waals surface area (Å²) in [5.41, 5.74) is 3.54. The second kappa shape index (κ2) is 6.64. The Morgan fingerprint density at radius 1 is 0.923 bits per heavy atom. The van der Waals surface area contributed by atoms with E-state index in [4.69, 9.17) is 8.83 Å². The Kier molecular flexibility index (Phi) is 4.03. The molecule has 0 fully saturated rings. The van der Waals surface area contributed by atoms with Gasteiger partial charge in [0.05, 0.1) is 0 Å². The van der Waals surface area contributed by atoms with Crippen LogP contribution in [0.4, 0.5) is 5.69 Å². The molecule has 2 aromatic carbocycles. The summed E-state index contributed by atoms with van der Waals surface area (Å²) in [6, 6.07) is 14.8. The molecule has 0 aliphatic carbocycles. The molecule has 7 nitrogen and oxygen atoms in total. The molecule has 0 aliphatic heterocycles. The van der Waals surface area contributed by atoms with E-state index in [0.717, 1.165) is 16.7 Å². The average molecular weight is 346 g/mol. The number of aryl methyl sites for hydroxylation is 1. The maximum Gasteiger partial charge on any atom is 0.278 e. The highest BCUT2D eigenvalue weighted by Crippen LogP contribution is 2.25. The monoisotopic (exact) mass is 346 g/mol. The van der Waals surface area contributed by atoms with Gasteiger partial charge < -0.3 is 14.2 Å². The van der Waals surface area contributed by atoms with Crippen LogP contribution in [0.3, 0.4) is 0 Å². The molecule has 1 N–H and O–H groups in total. The summed E-state index contributed by atoms with van der Waals surface area (Å²) < 4.78 is 10.6. The Morgan fingerprint density at radius 2 is 1.65 bits per heavy atom. The van der Waals surface area contributed by atoms with Gasteiger partial charge in [-0.15, -0.1) is 10.2 Å². The predicted octanol–water partition coefficient (Wildman–Crippen LogP) is 3.95. The van der Waals surface area contributed by atoms with Crippen molar-refractivity contribution >= 4 is 11.6 Å². The van der Waals surface area contributed by atoms with E-state index in [9.17, 15) is 4.79 Å². The van der Waals surface area contributed by atoms with Crippen LogP contribution < -0.4 is 5.32 Å². The van der Waals surface area contributed by atoms with Crippen molar-refractivity contribution in [1.29, 1.82) is 0 Å². The molecule has 0 atom stereocenters. The van der Waals surface area contributed by atoms with Crippen molar-refractivity contribution in [2.45, 2.75) is 6.92 Å². The van der Waals surface area contributed by atoms with Crippen LogP contribution in [-0.4, -0.2) is 21.1 Å². The van der Waals surface area contributed by atoms with Gasteiger partial charge in [-0.3, -0.25) is 4.79 Å². The van der Waals surface area contributed by atoms with Gasteiger partial charge in [0.1, 0.15) is 0 Å². The molecule has 0 aliphatic rings. The highest BCUT2D eigenvalue weighted by molar-refractivity contribution is 6.06. The molecule has 4 aromatic rings. The number of benzene rings is 2. The van der Waals surface area contributed by atoms with Crippen molar-refractivity contribution in [3.05, 3.63) is 72.6 Å². The third kappa shape index (κ3) is 3.10. The van der Waals surface area contributed by atoms with Crippen LogP contribution in [0.25, 0.3) is 22.8 Å².